The van der Waals surface area contributed by atoms with E-state index in [1.807, 2.05) is 18.3 Å². The Morgan fingerprint density at radius 2 is 2.36 bits per heavy atom. The molecular weight excluding hydrogens is 194 g/mol. The van der Waals surface area contributed by atoms with Crippen LogP contribution in [0.15, 0.2) is 17.5 Å². The van der Waals surface area contributed by atoms with Crippen LogP contribution >= 0.6 is 11.3 Å². The monoisotopic (exact) mass is 213 g/mol. The molecule has 0 radical (unpaired) electrons. The molecule has 1 aromatic heterocycles. The van der Waals surface area contributed by atoms with Crippen molar-refractivity contribution in [2.75, 3.05) is 26.8 Å². The molecule has 1 rings (SSSR count). The summed E-state index contributed by atoms with van der Waals surface area (Å²) in [6, 6.07) is 4.29. The van der Waals surface area contributed by atoms with Crippen LogP contribution < -0.4 is 0 Å². The summed E-state index contributed by atoms with van der Waals surface area (Å²) in [5.74, 6) is 0. The van der Waals surface area contributed by atoms with Crippen molar-refractivity contribution in [3.8, 4) is 0 Å². The van der Waals surface area contributed by atoms with Crippen LogP contribution in [0.4, 0.5) is 0 Å². The third kappa shape index (κ3) is 4.74. The van der Waals surface area contributed by atoms with Crippen LogP contribution in [-0.4, -0.2) is 31.7 Å². The average Bonchev–Trinajstić information content (AvgIpc) is 2.65. The number of rotatable bonds is 7. The van der Waals surface area contributed by atoms with Crippen LogP contribution in [0, 0.1) is 0 Å². The van der Waals surface area contributed by atoms with Gasteiger partial charge in [0.15, 0.2) is 0 Å². The summed E-state index contributed by atoms with van der Waals surface area (Å²) in [6.07, 6.45) is 1.12. The molecule has 3 heteroatoms. The molecule has 0 aliphatic rings. The maximum atomic E-state index is 5.30. The van der Waals surface area contributed by atoms with Crippen molar-refractivity contribution >= 4 is 11.3 Å². The highest BCUT2D eigenvalue weighted by Gasteiger charge is 2.00. The Labute approximate surface area is 90.5 Å². The van der Waals surface area contributed by atoms with E-state index in [9.17, 15) is 0 Å². The van der Waals surface area contributed by atoms with E-state index in [0.717, 1.165) is 32.7 Å². The minimum absolute atomic E-state index is 0.828. The minimum Gasteiger partial charge on any atom is -0.382 e. The molecule has 0 unspecified atom stereocenters. The van der Waals surface area contributed by atoms with Gasteiger partial charge in [0.1, 0.15) is 0 Å². The maximum absolute atomic E-state index is 5.30. The van der Waals surface area contributed by atoms with Gasteiger partial charge in [0.05, 0.1) is 0 Å². The largest absolute Gasteiger partial charge is 0.382 e. The quantitative estimate of drug-likeness (QED) is 0.646. The second-order valence-electron chi connectivity index (χ2n) is 3.37. The molecule has 0 fully saturated rings. The van der Waals surface area contributed by atoms with E-state index >= 15 is 0 Å². The van der Waals surface area contributed by atoms with Gasteiger partial charge in [-0.2, -0.15) is 0 Å². The van der Waals surface area contributed by atoms with Gasteiger partial charge in [-0.05, 0) is 31.8 Å². The molecule has 0 amide bonds. The lowest BCUT2D eigenvalue weighted by atomic mass is 10.4. The lowest BCUT2D eigenvalue weighted by Crippen LogP contribution is -2.19. The maximum Gasteiger partial charge on any atom is 0.0478 e. The van der Waals surface area contributed by atoms with E-state index in [-0.39, 0.29) is 0 Å². The fourth-order valence-electron chi connectivity index (χ4n) is 1.33. The first-order valence-corrected chi connectivity index (χ1v) is 5.99. The smallest absolute Gasteiger partial charge is 0.0478 e. The van der Waals surface area contributed by atoms with E-state index in [1.165, 1.54) is 4.88 Å². The summed E-state index contributed by atoms with van der Waals surface area (Å²) in [4.78, 5) is 3.77. The van der Waals surface area contributed by atoms with Gasteiger partial charge in [0.25, 0.3) is 0 Å². The van der Waals surface area contributed by atoms with Crippen molar-refractivity contribution in [3.05, 3.63) is 22.4 Å². The topological polar surface area (TPSA) is 12.5 Å². The molecule has 14 heavy (non-hydrogen) atoms. The van der Waals surface area contributed by atoms with E-state index in [0.29, 0.717) is 0 Å². The lowest BCUT2D eigenvalue weighted by Gasteiger charge is -2.15. The third-order valence-corrected chi connectivity index (χ3v) is 2.90. The highest BCUT2D eigenvalue weighted by molar-refractivity contribution is 7.09. The van der Waals surface area contributed by atoms with Crippen LogP contribution in [0.5, 0.6) is 0 Å². The summed E-state index contributed by atoms with van der Waals surface area (Å²) in [7, 11) is 2.16. The van der Waals surface area contributed by atoms with Crippen LogP contribution in [0.1, 0.15) is 18.2 Å². The van der Waals surface area contributed by atoms with Gasteiger partial charge >= 0.3 is 0 Å². The Morgan fingerprint density at radius 1 is 1.50 bits per heavy atom. The molecule has 0 atom stereocenters. The number of hydrogen-bond acceptors (Lipinski definition) is 3. The second-order valence-corrected chi connectivity index (χ2v) is 4.40. The van der Waals surface area contributed by atoms with Gasteiger partial charge in [-0.1, -0.05) is 6.07 Å². The molecule has 0 spiro atoms. The summed E-state index contributed by atoms with van der Waals surface area (Å²) >= 11 is 1.82. The van der Waals surface area contributed by atoms with Crippen molar-refractivity contribution in [2.45, 2.75) is 19.9 Å². The molecule has 0 N–H and O–H groups in total. The normalized spacial score (nSPS) is 11.1. The summed E-state index contributed by atoms with van der Waals surface area (Å²) < 4.78 is 5.30. The Morgan fingerprint density at radius 3 is 3.00 bits per heavy atom. The van der Waals surface area contributed by atoms with E-state index < -0.39 is 0 Å². The fourth-order valence-corrected chi connectivity index (χ4v) is 2.11. The van der Waals surface area contributed by atoms with Gasteiger partial charge in [-0.25, -0.2) is 0 Å². The molecule has 0 bridgehead atoms. The van der Waals surface area contributed by atoms with Gasteiger partial charge in [0.2, 0.25) is 0 Å². The first-order chi connectivity index (χ1) is 6.83. The zero-order valence-electron chi connectivity index (χ0n) is 9.03. The van der Waals surface area contributed by atoms with Crippen molar-refractivity contribution in [2.24, 2.45) is 0 Å². The molecule has 0 saturated carbocycles. The first kappa shape index (κ1) is 11.7. The standard InChI is InChI=1S/C11H19NOS/c1-3-13-8-5-7-12(2)10-11-6-4-9-14-11/h4,6,9H,3,5,7-8,10H2,1-2H3. The van der Waals surface area contributed by atoms with Gasteiger partial charge in [-0.3, -0.25) is 0 Å². The molecule has 2 nitrogen and oxygen atoms in total. The molecule has 0 aromatic carbocycles. The van der Waals surface area contributed by atoms with Gasteiger partial charge < -0.3 is 9.64 Å². The molecule has 1 heterocycles. The third-order valence-electron chi connectivity index (χ3n) is 2.04. The molecular formula is C11H19NOS. The van der Waals surface area contributed by atoms with Gasteiger partial charge in [-0.15, -0.1) is 11.3 Å². The molecule has 0 aliphatic carbocycles. The fraction of sp³-hybridized carbons (Fsp3) is 0.636. The van der Waals surface area contributed by atoms with Crippen molar-refractivity contribution in [1.29, 1.82) is 0 Å². The summed E-state index contributed by atoms with van der Waals surface area (Å²) in [5, 5.41) is 2.13. The lowest BCUT2D eigenvalue weighted by molar-refractivity contribution is 0.135. The second kappa shape index (κ2) is 6.98. The predicted molar refractivity (Wildman–Crippen MR) is 61.8 cm³/mol. The highest BCUT2D eigenvalue weighted by Crippen LogP contribution is 2.10. The Balaban J connectivity index is 2.07. The van der Waals surface area contributed by atoms with Crippen molar-refractivity contribution in [3.63, 3.8) is 0 Å². The number of hydrogen-bond donors (Lipinski definition) is 0. The van der Waals surface area contributed by atoms with Gasteiger partial charge in [0, 0.05) is 31.2 Å². The van der Waals surface area contributed by atoms with Crippen molar-refractivity contribution in [1.82, 2.24) is 4.90 Å². The zero-order valence-corrected chi connectivity index (χ0v) is 9.85. The first-order valence-electron chi connectivity index (χ1n) is 5.11. The van der Waals surface area contributed by atoms with Crippen molar-refractivity contribution < 1.29 is 4.74 Å². The molecule has 80 valence electrons. The van der Waals surface area contributed by atoms with E-state index in [2.05, 4.69) is 29.5 Å². The molecule has 0 aliphatic heterocycles. The number of thiophene rings is 1. The van der Waals surface area contributed by atoms with E-state index in [4.69, 9.17) is 4.74 Å². The van der Waals surface area contributed by atoms with Crippen LogP contribution in [0.25, 0.3) is 0 Å². The minimum atomic E-state index is 0.828. The van der Waals surface area contributed by atoms with Crippen LogP contribution in [-0.2, 0) is 11.3 Å². The summed E-state index contributed by atoms with van der Waals surface area (Å²) in [5.41, 5.74) is 0. The Bertz CT molecular complexity index is 223. The number of ether oxygens (including phenoxy) is 1. The molecule has 1 aromatic rings. The van der Waals surface area contributed by atoms with Crippen LogP contribution in [0.3, 0.4) is 0 Å². The highest BCUT2D eigenvalue weighted by atomic mass is 32.1. The van der Waals surface area contributed by atoms with Crippen LogP contribution in [0.2, 0.25) is 0 Å². The number of nitrogens with zero attached hydrogens (tertiary/aromatic N) is 1. The molecule has 0 saturated heterocycles. The average molecular weight is 213 g/mol. The summed E-state index contributed by atoms with van der Waals surface area (Å²) in [6.45, 7) is 5.91. The Kier molecular flexibility index (Phi) is 5.83. The Hall–Kier alpha value is -0.380. The predicted octanol–water partition coefficient (Wildman–Crippen LogP) is 2.61. The zero-order chi connectivity index (χ0) is 10.2. The SMILES string of the molecule is CCOCCCN(C)Cc1cccs1. The van der Waals surface area contributed by atoms with E-state index in [1.54, 1.807) is 0 Å².